The Hall–Kier alpha value is -1.21. The normalized spacial score (nSPS) is 19.4. The van der Waals surface area contributed by atoms with Gasteiger partial charge in [-0.2, -0.15) is 0 Å². The number of rotatable bonds is 4. The molecule has 1 aliphatic rings. The van der Waals surface area contributed by atoms with Crippen LogP contribution >= 0.6 is 22.7 Å². The van der Waals surface area contributed by atoms with Crippen molar-refractivity contribution in [1.82, 2.24) is 15.2 Å². The Balaban J connectivity index is 1.59. The summed E-state index contributed by atoms with van der Waals surface area (Å²) in [4.78, 5) is 6.52. The highest BCUT2D eigenvalue weighted by atomic mass is 32.1. The maximum atomic E-state index is 5.78. The van der Waals surface area contributed by atoms with E-state index >= 15 is 0 Å². The molecule has 5 nitrogen and oxygen atoms in total. The van der Waals surface area contributed by atoms with Crippen molar-refractivity contribution in [2.45, 2.75) is 39.0 Å². The van der Waals surface area contributed by atoms with Crippen LogP contribution in [0, 0.1) is 5.92 Å². The van der Waals surface area contributed by atoms with Crippen LogP contribution in [0.3, 0.4) is 0 Å². The minimum Gasteiger partial charge on any atom is -0.470 e. The monoisotopic (exact) mass is 338 g/mol. The molecule has 0 radical (unpaired) electrons. The molecule has 1 fully saturated rings. The first-order valence-electron chi connectivity index (χ1n) is 7.63. The van der Waals surface area contributed by atoms with E-state index in [-0.39, 0.29) is 5.41 Å². The van der Waals surface area contributed by atoms with Crippen LogP contribution in [0.5, 0.6) is 5.19 Å². The third kappa shape index (κ3) is 3.76. The second-order valence-corrected chi connectivity index (χ2v) is 8.52. The Labute approximate surface area is 139 Å². The van der Waals surface area contributed by atoms with Gasteiger partial charge in [0.25, 0.3) is 5.19 Å². The van der Waals surface area contributed by atoms with Gasteiger partial charge in [0.15, 0.2) is 0 Å². The number of nitrogens with zero attached hydrogens (tertiary/aromatic N) is 4. The summed E-state index contributed by atoms with van der Waals surface area (Å²) in [5.74, 6) is 0.527. The van der Waals surface area contributed by atoms with Crippen molar-refractivity contribution in [3.8, 4) is 5.19 Å². The summed E-state index contributed by atoms with van der Waals surface area (Å²) in [5, 5.41) is 13.6. The molecular formula is C15H22N4OS2. The summed E-state index contributed by atoms with van der Waals surface area (Å²) in [6.45, 7) is 9.32. The number of aromatic nitrogens is 3. The SMILES string of the molecule is CC(C)(C)c1nnc(N2CCCC(COc3nccs3)C2)s1. The molecule has 1 saturated heterocycles. The summed E-state index contributed by atoms with van der Waals surface area (Å²) in [6.07, 6.45) is 4.16. The van der Waals surface area contributed by atoms with Gasteiger partial charge in [-0.05, 0) is 12.8 Å². The topological polar surface area (TPSA) is 51.1 Å². The molecule has 120 valence electrons. The van der Waals surface area contributed by atoms with Crippen LogP contribution in [0.4, 0.5) is 5.13 Å². The van der Waals surface area contributed by atoms with Crippen molar-refractivity contribution >= 4 is 27.8 Å². The summed E-state index contributed by atoms with van der Waals surface area (Å²) in [7, 11) is 0. The molecule has 22 heavy (non-hydrogen) atoms. The molecule has 3 rings (SSSR count). The highest BCUT2D eigenvalue weighted by Gasteiger charge is 2.26. The Morgan fingerprint density at radius 2 is 2.23 bits per heavy atom. The van der Waals surface area contributed by atoms with E-state index in [4.69, 9.17) is 4.74 Å². The van der Waals surface area contributed by atoms with Gasteiger partial charge in [0.1, 0.15) is 5.01 Å². The van der Waals surface area contributed by atoms with Crippen LogP contribution < -0.4 is 9.64 Å². The number of piperidine rings is 1. The minimum absolute atomic E-state index is 0.0685. The quantitative estimate of drug-likeness (QED) is 0.853. The van der Waals surface area contributed by atoms with Crippen molar-refractivity contribution in [2.24, 2.45) is 5.92 Å². The van der Waals surface area contributed by atoms with Crippen LogP contribution in [-0.2, 0) is 5.41 Å². The first-order valence-corrected chi connectivity index (χ1v) is 9.33. The predicted molar refractivity (Wildman–Crippen MR) is 91.2 cm³/mol. The number of hydrogen-bond donors (Lipinski definition) is 0. The van der Waals surface area contributed by atoms with Crippen molar-refractivity contribution < 1.29 is 4.74 Å². The lowest BCUT2D eigenvalue weighted by molar-refractivity contribution is 0.228. The molecular weight excluding hydrogens is 316 g/mol. The van der Waals surface area contributed by atoms with E-state index in [2.05, 4.69) is 40.9 Å². The highest BCUT2D eigenvalue weighted by Crippen LogP contribution is 2.32. The first kappa shape index (κ1) is 15.7. The van der Waals surface area contributed by atoms with E-state index in [1.54, 1.807) is 28.9 Å². The molecule has 1 unspecified atom stereocenters. The zero-order chi connectivity index (χ0) is 15.6. The fraction of sp³-hybridized carbons (Fsp3) is 0.667. The molecule has 1 aliphatic heterocycles. The van der Waals surface area contributed by atoms with Crippen LogP contribution in [0.15, 0.2) is 11.6 Å². The Morgan fingerprint density at radius 1 is 1.36 bits per heavy atom. The van der Waals surface area contributed by atoms with E-state index in [1.165, 1.54) is 12.8 Å². The fourth-order valence-corrected chi connectivity index (χ4v) is 3.93. The van der Waals surface area contributed by atoms with E-state index < -0.39 is 0 Å². The third-order valence-corrected chi connectivity index (χ3v) is 5.79. The Kier molecular flexibility index (Phi) is 4.63. The van der Waals surface area contributed by atoms with E-state index in [9.17, 15) is 0 Å². The molecule has 2 aromatic heterocycles. The molecule has 3 heterocycles. The molecule has 7 heteroatoms. The second-order valence-electron chi connectivity index (χ2n) is 6.70. The molecule has 0 spiro atoms. The van der Waals surface area contributed by atoms with Gasteiger partial charge in [-0.3, -0.25) is 0 Å². The minimum atomic E-state index is 0.0685. The molecule has 0 aliphatic carbocycles. The molecule has 0 amide bonds. The van der Waals surface area contributed by atoms with Gasteiger partial charge < -0.3 is 9.64 Å². The molecule has 2 aromatic rings. The lowest BCUT2D eigenvalue weighted by atomic mass is 9.98. The zero-order valence-corrected chi connectivity index (χ0v) is 14.9. The third-order valence-electron chi connectivity index (χ3n) is 3.70. The lowest BCUT2D eigenvalue weighted by Gasteiger charge is -2.31. The number of ether oxygens (including phenoxy) is 1. The maximum absolute atomic E-state index is 5.78. The van der Waals surface area contributed by atoms with Gasteiger partial charge in [0.2, 0.25) is 5.13 Å². The van der Waals surface area contributed by atoms with Crippen molar-refractivity contribution in [2.75, 3.05) is 24.6 Å². The average Bonchev–Trinajstić information content (AvgIpc) is 3.16. The van der Waals surface area contributed by atoms with Crippen molar-refractivity contribution in [1.29, 1.82) is 0 Å². The van der Waals surface area contributed by atoms with Crippen molar-refractivity contribution in [3.63, 3.8) is 0 Å². The predicted octanol–water partition coefficient (Wildman–Crippen LogP) is 3.59. The van der Waals surface area contributed by atoms with Crippen molar-refractivity contribution in [3.05, 3.63) is 16.6 Å². The fourth-order valence-electron chi connectivity index (χ4n) is 2.49. The van der Waals surface area contributed by atoms with Gasteiger partial charge in [-0.25, -0.2) is 4.98 Å². The summed E-state index contributed by atoms with van der Waals surface area (Å²) in [5.41, 5.74) is 0.0685. The number of hydrogen-bond acceptors (Lipinski definition) is 7. The van der Waals surface area contributed by atoms with E-state index in [1.807, 2.05) is 5.38 Å². The lowest BCUT2D eigenvalue weighted by Crippen LogP contribution is -2.37. The van der Waals surface area contributed by atoms with E-state index in [0.29, 0.717) is 5.92 Å². The van der Waals surface area contributed by atoms with Gasteiger partial charge in [0.05, 0.1) is 6.61 Å². The standard InChI is InChI=1S/C15H22N4OS2/c1-15(2,3)12-17-18-13(22-12)19-7-4-5-11(9-19)10-20-14-16-6-8-21-14/h6,8,11H,4-5,7,9-10H2,1-3H3. The Morgan fingerprint density at radius 3 is 2.91 bits per heavy atom. The van der Waals surface area contributed by atoms with Gasteiger partial charge in [-0.1, -0.05) is 43.4 Å². The van der Waals surface area contributed by atoms with Gasteiger partial charge in [-0.15, -0.1) is 10.2 Å². The maximum Gasteiger partial charge on any atom is 0.273 e. The second kappa shape index (κ2) is 6.50. The smallest absolute Gasteiger partial charge is 0.273 e. The zero-order valence-electron chi connectivity index (χ0n) is 13.3. The number of thiazole rings is 1. The van der Waals surface area contributed by atoms with Gasteiger partial charge >= 0.3 is 0 Å². The molecule has 0 bridgehead atoms. The first-order chi connectivity index (χ1) is 10.5. The van der Waals surface area contributed by atoms with E-state index in [0.717, 1.165) is 35.0 Å². The molecule has 0 saturated carbocycles. The van der Waals surface area contributed by atoms with Crippen LogP contribution in [0.1, 0.15) is 38.6 Å². The van der Waals surface area contributed by atoms with Crippen LogP contribution in [-0.4, -0.2) is 34.9 Å². The highest BCUT2D eigenvalue weighted by molar-refractivity contribution is 7.15. The summed E-state index contributed by atoms with van der Waals surface area (Å²) in [6, 6.07) is 0. The molecule has 1 atom stereocenters. The molecule has 0 N–H and O–H groups in total. The van der Waals surface area contributed by atoms with Crippen LogP contribution in [0.2, 0.25) is 0 Å². The molecule has 0 aromatic carbocycles. The summed E-state index contributed by atoms with van der Waals surface area (Å²) >= 11 is 3.26. The van der Waals surface area contributed by atoms with Gasteiger partial charge in [0, 0.05) is 36.0 Å². The Bertz CT molecular complexity index is 591. The van der Waals surface area contributed by atoms with Crippen LogP contribution in [0.25, 0.3) is 0 Å². The number of anilines is 1. The summed E-state index contributed by atoms with van der Waals surface area (Å²) < 4.78 is 5.78. The largest absolute Gasteiger partial charge is 0.470 e. The average molecular weight is 339 g/mol.